The van der Waals surface area contributed by atoms with Crippen LogP contribution in [0.3, 0.4) is 0 Å². The van der Waals surface area contributed by atoms with Crippen molar-refractivity contribution in [2.45, 2.75) is 42.0 Å². The van der Waals surface area contributed by atoms with Crippen LogP contribution in [0.15, 0.2) is 59.4 Å². The van der Waals surface area contributed by atoms with Gasteiger partial charge in [0.2, 0.25) is 0 Å². The third kappa shape index (κ3) is 4.08. The van der Waals surface area contributed by atoms with E-state index in [0.29, 0.717) is 10.2 Å². The molecule has 3 aromatic rings. The number of anilines is 1. The number of ether oxygens (including phenoxy) is 1. The Bertz CT molecular complexity index is 1080. The van der Waals surface area contributed by atoms with E-state index in [1.807, 2.05) is 30.6 Å². The van der Waals surface area contributed by atoms with Crippen molar-refractivity contribution in [3.8, 4) is 11.1 Å². The zero-order chi connectivity index (χ0) is 22.1. The molecule has 2 aliphatic heterocycles. The van der Waals surface area contributed by atoms with Crippen LogP contribution >= 0.6 is 23.4 Å². The predicted molar refractivity (Wildman–Crippen MR) is 126 cm³/mol. The molecule has 9 heteroatoms. The third-order valence-electron chi connectivity index (χ3n) is 6.62. The standard InChI is InChI=1S/C23H25ClN6OS/c1-15-21(25)23(13-31-15)5-7-30(8-6-23)17-11-28-22(29-12-17)32-19-4-2-3-18(20(19)24)16-9-26-14-27-10-16/h2-4,9-12,14-15,21H,5-8,13,25H2,1H3/t15-,21+/m0/s1. The smallest absolute Gasteiger partial charge is 0.192 e. The highest BCUT2D eigenvalue weighted by Crippen LogP contribution is 2.42. The first kappa shape index (κ1) is 21.6. The molecular formula is C23H25ClN6OS. The third-order valence-corrected chi connectivity index (χ3v) is 8.09. The van der Waals surface area contributed by atoms with Gasteiger partial charge in [0.1, 0.15) is 6.33 Å². The van der Waals surface area contributed by atoms with Gasteiger partial charge in [0.25, 0.3) is 0 Å². The molecule has 0 bridgehead atoms. The van der Waals surface area contributed by atoms with E-state index in [9.17, 15) is 0 Å². The van der Waals surface area contributed by atoms with Crippen molar-refractivity contribution in [2.75, 3.05) is 24.6 Å². The Morgan fingerprint density at radius 2 is 1.84 bits per heavy atom. The van der Waals surface area contributed by atoms with Gasteiger partial charge in [0.15, 0.2) is 5.16 Å². The molecule has 0 amide bonds. The van der Waals surface area contributed by atoms with Gasteiger partial charge in [-0.2, -0.15) is 0 Å². The fourth-order valence-corrected chi connectivity index (χ4v) is 5.66. The summed E-state index contributed by atoms with van der Waals surface area (Å²) in [5, 5.41) is 1.30. The number of benzene rings is 1. The molecule has 2 aromatic heterocycles. The maximum absolute atomic E-state index is 6.67. The molecule has 2 atom stereocenters. The highest BCUT2D eigenvalue weighted by Gasteiger charge is 2.47. The lowest BCUT2D eigenvalue weighted by Crippen LogP contribution is -2.50. The summed E-state index contributed by atoms with van der Waals surface area (Å²) < 4.78 is 5.83. The lowest BCUT2D eigenvalue weighted by atomic mass is 9.73. The Morgan fingerprint density at radius 3 is 2.50 bits per heavy atom. The van der Waals surface area contributed by atoms with E-state index in [1.165, 1.54) is 18.1 Å². The van der Waals surface area contributed by atoms with Gasteiger partial charge in [-0.3, -0.25) is 0 Å². The molecule has 2 aliphatic rings. The van der Waals surface area contributed by atoms with E-state index in [2.05, 4.69) is 31.8 Å². The number of hydrogen-bond donors (Lipinski definition) is 1. The van der Waals surface area contributed by atoms with E-state index in [-0.39, 0.29) is 17.6 Å². The largest absolute Gasteiger partial charge is 0.376 e. The minimum Gasteiger partial charge on any atom is -0.376 e. The fraction of sp³-hybridized carbons (Fsp3) is 0.391. The molecule has 0 saturated carbocycles. The molecule has 2 saturated heterocycles. The Labute approximate surface area is 196 Å². The highest BCUT2D eigenvalue weighted by atomic mass is 35.5. The van der Waals surface area contributed by atoms with E-state index in [4.69, 9.17) is 22.1 Å². The SMILES string of the molecule is C[C@@H]1OCC2(CCN(c3cnc(Sc4cccc(-c5cncnc5)c4Cl)nc3)CC2)[C@@H]1N. The Hall–Kier alpha value is -2.26. The number of rotatable bonds is 4. The number of piperidine rings is 1. The molecule has 0 aliphatic carbocycles. The van der Waals surface area contributed by atoms with Crippen LogP contribution in [-0.2, 0) is 4.74 Å². The van der Waals surface area contributed by atoms with Gasteiger partial charge in [-0.25, -0.2) is 19.9 Å². The summed E-state index contributed by atoms with van der Waals surface area (Å²) in [6.07, 6.45) is 11.0. The zero-order valence-corrected chi connectivity index (χ0v) is 19.4. The lowest BCUT2D eigenvalue weighted by molar-refractivity contribution is 0.0974. The fourth-order valence-electron chi connectivity index (χ4n) is 4.56. The Morgan fingerprint density at radius 1 is 1.12 bits per heavy atom. The lowest BCUT2D eigenvalue weighted by Gasteiger charge is -2.41. The van der Waals surface area contributed by atoms with E-state index < -0.39 is 0 Å². The first-order valence-electron chi connectivity index (χ1n) is 10.7. The molecule has 32 heavy (non-hydrogen) atoms. The maximum Gasteiger partial charge on any atom is 0.192 e. The molecule has 1 spiro atoms. The maximum atomic E-state index is 6.67. The average Bonchev–Trinajstić information content (AvgIpc) is 3.10. The average molecular weight is 469 g/mol. The molecule has 2 fully saturated rings. The highest BCUT2D eigenvalue weighted by molar-refractivity contribution is 7.99. The Balaban J connectivity index is 1.26. The van der Waals surface area contributed by atoms with Crippen molar-refractivity contribution < 1.29 is 4.74 Å². The first-order valence-corrected chi connectivity index (χ1v) is 11.9. The van der Waals surface area contributed by atoms with Crippen molar-refractivity contribution in [3.05, 3.63) is 54.3 Å². The summed E-state index contributed by atoms with van der Waals surface area (Å²) in [5.74, 6) is 0. The van der Waals surface area contributed by atoms with Crippen LogP contribution in [0.25, 0.3) is 11.1 Å². The number of aromatic nitrogens is 4. The van der Waals surface area contributed by atoms with Crippen LogP contribution < -0.4 is 10.6 Å². The van der Waals surface area contributed by atoms with E-state index in [0.717, 1.165) is 54.2 Å². The summed E-state index contributed by atoms with van der Waals surface area (Å²) in [7, 11) is 0. The van der Waals surface area contributed by atoms with Crippen LogP contribution in [0, 0.1) is 5.41 Å². The topological polar surface area (TPSA) is 90.0 Å². The number of halogens is 1. The van der Waals surface area contributed by atoms with Crippen LogP contribution in [0.2, 0.25) is 5.02 Å². The van der Waals surface area contributed by atoms with Gasteiger partial charge < -0.3 is 15.4 Å². The zero-order valence-electron chi connectivity index (χ0n) is 17.8. The van der Waals surface area contributed by atoms with Crippen molar-refractivity contribution in [1.82, 2.24) is 19.9 Å². The van der Waals surface area contributed by atoms with Gasteiger partial charge in [-0.1, -0.05) is 23.7 Å². The summed E-state index contributed by atoms with van der Waals surface area (Å²) >= 11 is 8.11. The molecule has 5 rings (SSSR count). The quantitative estimate of drug-likeness (QED) is 0.573. The van der Waals surface area contributed by atoms with Crippen molar-refractivity contribution in [1.29, 1.82) is 0 Å². The predicted octanol–water partition coefficient (Wildman–Crippen LogP) is 4.07. The summed E-state index contributed by atoms with van der Waals surface area (Å²) in [6, 6.07) is 6.00. The normalized spacial score (nSPS) is 22.4. The monoisotopic (exact) mass is 468 g/mol. The van der Waals surface area contributed by atoms with Gasteiger partial charge in [0, 0.05) is 53.0 Å². The van der Waals surface area contributed by atoms with Gasteiger partial charge in [-0.05, 0) is 37.6 Å². The molecule has 166 valence electrons. The van der Waals surface area contributed by atoms with Crippen molar-refractivity contribution in [2.24, 2.45) is 11.1 Å². The van der Waals surface area contributed by atoms with Crippen LogP contribution in [0.5, 0.6) is 0 Å². The first-order chi connectivity index (χ1) is 15.6. The number of nitrogens with two attached hydrogens (primary N) is 1. The van der Waals surface area contributed by atoms with Crippen molar-refractivity contribution in [3.63, 3.8) is 0 Å². The second kappa shape index (κ2) is 8.94. The second-order valence-electron chi connectivity index (χ2n) is 8.46. The van der Waals surface area contributed by atoms with Gasteiger partial charge in [0.05, 0.1) is 35.8 Å². The van der Waals surface area contributed by atoms with E-state index in [1.54, 1.807) is 12.4 Å². The minimum atomic E-state index is 0.109. The molecule has 0 unspecified atom stereocenters. The van der Waals surface area contributed by atoms with Gasteiger partial charge in [-0.15, -0.1) is 0 Å². The molecular weight excluding hydrogens is 444 g/mol. The number of nitrogens with zero attached hydrogens (tertiary/aromatic N) is 5. The minimum absolute atomic E-state index is 0.109. The Kier molecular flexibility index (Phi) is 6.03. The van der Waals surface area contributed by atoms with Crippen LogP contribution in [0.4, 0.5) is 5.69 Å². The molecule has 4 heterocycles. The second-order valence-corrected chi connectivity index (χ2v) is 9.85. The molecule has 1 aromatic carbocycles. The molecule has 0 radical (unpaired) electrons. The molecule has 7 nitrogen and oxygen atoms in total. The van der Waals surface area contributed by atoms with Crippen molar-refractivity contribution >= 4 is 29.1 Å². The molecule has 2 N–H and O–H groups in total. The van der Waals surface area contributed by atoms with Crippen LogP contribution in [0.1, 0.15) is 19.8 Å². The van der Waals surface area contributed by atoms with E-state index >= 15 is 0 Å². The summed E-state index contributed by atoms with van der Waals surface area (Å²) in [5.41, 5.74) is 9.34. The van der Waals surface area contributed by atoms with Crippen LogP contribution in [-0.4, -0.2) is 51.8 Å². The van der Waals surface area contributed by atoms with Gasteiger partial charge >= 0.3 is 0 Å². The summed E-state index contributed by atoms with van der Waals surface area (Å²) in [4.78, 5) is 20.6. The number of hydrogen-bond acceptors (Lipinski definition) is 8. The summed E-state index contributed by atoms with van der Waals surface area (Å²) in [6.45, 7) is 4.72.